The highest BCUT2D eigenvalue weighted by atomic mass is 16.6. The lowest BCUT2D eigenvalue weighted by Crippen LogP contribution is -2.55. The van der Waals surface area contributed by atoms with Gasteiger partial charge in [-0.1, -0.05) is 0 Å². The summed E-state index contributed by atoms with van der Waals surface area (Å²) in [6.07, 6.45) is -5.04. The molecule has 8 heteroatoms. The van der Waals surface area contributed by atoms with Crippen LogP contribution in [0.3, 0.4) is 0 Å². The van der Waals surface area contributed by atoms with E-state index in [1.54, 1.807) is 0 Å². The first-order chi connectivity index (χ1) is 8.22. The number of hydrogen-bond donors (Lipinski definition) is 4. The predicted molar refractivity (Wildman–Crippen MR) is 58.3 cm³/mol. The number of esters is 1. The second-order valence-corrected chi connectivity index (χ2v) is 3.76. The van der Waals surface area contributed by atoms with Crippen LogP contribution >= 0.6 is 0 Å². The van der Waals surface area contributed by atoms with Crippen molar-refractivity contribution in [2.45, 2.75) is 38.2 Å². The largest absolute Gasteiger partial charge is 0.458 e. The number of rotatable bonds is 7. The molecule has 0 aliphatic rings. The number of hydrogen-bond acceptors (Lipinski definition) is 8. The van der Waals surface area contributed by atoms with E-state index in [-0.39, 0.29) is 0 Å². The molecule has 0 saturated heterocycles. The number of nitrogens with two attached hydrogens (primary N) is 1. The fourth-order valence-corrected chi connectivity index (χ4v) is 1.26. The van der Waals surface area contributed by atoms with Crippen LogP contribution in [-0.4, -0.2) is 63.8 Å². The van der Waals surface area contributed by atoms with Crippen LogP contribution in [0.4, 0.5) is 0 Å². The van der Waals surface area contributed by atoms with Crippen molar-refractivity contribution >= 4 is 17.5 Å². The lowest BCUT2D eigenvalue weighted by atomic mass is 9.97. The first-order valence-corrected chi connectivity index (χ1v) is 5.17. The third-order valence-corrected chi connectivity index (χ3v) is 2.22. The zero-order chi connectivity index (χ0) is 14.5. The summed E-state index contributed by atoms with van der Waals surface area (Å²) in [7, 11) is 0. The molecule has 0 spiro atoms. The maximum atomic E-state index is 11.4. The normalized spacial score (nSPS) is 17.4. The summed E-state index contributed by atoms with van der Waals surface area (Å²) in [5.74, 6) is -2.77. The Balaban J connectivity index is 5.03. The van der Waals surface area contributed by atoms with Gasteiger partial charge in [0.25, 0.3) is 0 Å². The van der Waals surface area contributed by atoms with Gasteiger partial charge in [0.1, 0.15) is 18.2 Å². The number of carbonyl (C=O) groups excluding carboxylic acids is 3. The molecule has 0 heterocycles. The molecule has 0 saturated carbocycles. The second-order valence-electron chi connectivity index (χ2n) is 3.76. The van der Waals surface area contributed by atoms with Gasteiger partial charge in [-0.2, -0.15) is 0 Å². The molecular weight excluding hydrogens is 246 g/mol. The molecule has 0 bridgehead atoms. The van der Waals surface area contributed by atoms with Crippen LogP contribution < -0.4 is 5.73 Å². The van der Waals surface area contributed by atoms with Gasteiger partial charge in [0.05, 0.1) is 6.61 Å². The van der Waals surface area contributed by atoms with Crippen LogP contribution in [-0.2, 0) is 19.1 Å². The Bertz CT molecular complexity index is 330. The zero-order valence-electron chi connectivity index (χ0n) is 10.1. The number of aliphatic hydroxyl groups is 3. The fraction of sp³-hybridized carbons (Fsp3) is 0.700. The highest BCUT2D eigenvalue weighted by Crippen LogP contribution is 2.10. The van der Waals surface area contributed by atoms with Crippen molar-refractivity contribution in [1.29, 1.82) is 0 Å². The molecule has 0 aromatic heterocycles. The van der Waals surface area contributed by atoms with E-state index in [1.165, 1.54) is 0 Å². The van der Waals surface area contributed by atoms with Crippen molar-refractivity contribution in [3.05, 3.63) is 0 Å². The Morgan fingerprint density at radius 1 is 1.22 bits per heavy atom. The van der Waals surface area contributed by atoms with Gasteiger partial charge in [-0.25, -0.2) is 0 Å². The second kappa shape index (κ2) is 7.17. The summed E-state index contributed by atoms with van der Waals surface area (Å²) < 4.78 is 4.61. The van der Waals surface area contributed by atoms with E-state index in [1.807, 2.05) is 0 Å². The zero-order valence-corrected chi connectivity index (χ0v) is 10.1. The third-order valence-electron chi connectivity index (χ3n) is 2.22. The van der Waals surface area contributed by atoms with E-state index in [4.69, 9.17) is 10.8 Å². The van der Waals surface area contributed by atoms with Crippen LogP contribution in [0.25, 0.3) is 0 Å². The highest BCUT2D eigenvalue weighted by Gasteiger charge is 2.38. The molecule has 0 aromatic carbocycles. The summed E-state index contributed by atoms with van der Waals surface area (Å²) in [6.45, 7) is 1.16. The van der Waals surface area contributed by atoms with Crippen LogP contribution in [0.5, 0.6) is 0 Å². The predicted octanol–water partition coefficient (Wildman–Crippen LogP) is -2.88. The van der Waals surface area contributed by atoms with E-state index in [2.05, 4.69) is 4.74 Å². The highest BCUT2D eigenvalue weighted by molar-refractivity contribution is 6.38. The van der Waals surface area contributed by atoms with Crippen LogP contribution in [0.2, 0.25) is 0 Å². The van der Waals surface area contributed by atoms with Gasteiger partial charge >= 0.3 is 5.97 Å². The minimum absolute atomic E-state index is 0.820. The molecule has 0 rings (SSSR count). The Kier molecular flexibility index (Phi) is 6.63. The van der Waals surface area contributed by atoms with Crippen LogP contribution in [0.15, 0.2) is 0 Å². The van der Waals surface area contributed by atoms with Crippen LogP contribution in [0.1, 0.15) is 13.8 Å². The van der Waals surface area contributed by atoms with Crippen molar-refractivity contribution in [3.8, 4) is 0 Å². The minimum Gasteiger partial charge on any atom is -0.458 e. The molecule has 18 heavy (non-hydrogen) atoms. The summed E-state index contributed by atoms with van der Waals surface area (Å²) in [5, 5.41) is 27.5. The van der Waals surface area contributed by atoms with Crippen molar-refractivity contribution in [2.75, 3.05) is 6.61 Å². The molecule has 0 radical (unpaired) electrons. The molecule has 5 N–H and O–H groups in total. The summed E-state index contributed by atoms with van der Waals surface area (Å²) >= 11 is 0. The van der Waals surface area contributed by atoms with Crippen molar-refractivity contribution in [3.63, 3.8) is 0 Å². The first kappa shape index (κ1) is 16.6. The Labute approximate surface area is 103 Å². The summed E-state index contributed by atoms with van der Waals surface area (Å²) in [6, 6.07) is -1.61. The molecule has 8 nitrogen and oxygen atoms in total. The molecule has 0 aliphatic heterocycles. The number of aliphatic hydroxyl groups excluding tert-OH is 3. The van der Waals surface area contributed by atoms with E-state index in [0.717, 1.165) is 13.8 Å². The molecule has 0 aliphatic carbocycles. The molecule has 0 amide bonds. The molecule has 0 aromatic rings. The van der Waals surface area contributed by atoms with Gasteiger partial charge in [0.15, 0.2) is 11.9 Å². The Morgan fingerprint density at radius 3 is 2.06 bits per heavy atom. The maximum absolute atomic E-state index is 11.4. The maximum Gasteiger partial charge on any atom is 0.303 e. The van der Waals surface area contributed by atoms with E-state index in [0.29, 0.717) is 0 Å². The lowest BCUT2D eigenvalue weighted by molar-refractivity contribution is -0.163. The van der Waals surface area contributed by atoms with E-state index in [9.17, 15) is 24.6 Å². The van der Waals surface area contributed by atoms with Crippen LogP contribution in [0, 0.1) is 0 Å². The SMILES string of the molecule is CC(=O)O[C@@H]([C@H](O)[C@H](O)CO)[C@@H](N)C(=O)C(C)=O. The van der Waals surface area contributed by atoms with Crippen molar-refractivity contribution in [1.82, 2.24) is 0 Å². The van der Waals surface area contributed by atoms with E-state index >= 15 is 0 Å². The first-order valence-electron chi connectivity index (χ1n) is 5.17. The van der Waals surface area contributed by atoms with Gasteiger partial charge in [0.2, 0.25) is 5.78 Å². The number of ether oxygens (including phenoxy) is 1. The number of Topliss-reactive ketones (excluding diaryl/α,β-unsaturated/α-hetero) is 2. The molecule has 0 fully saturated rings. The lowest BCUT2D eigenvalue weighted by Gasteiger charge is -2.28. The van der Waals surface area contributed by atoms with Gasteiger partial charge in [-0.05, 0) is 0 Å². The topological polar surface area (TPSA) is 147 Å². The molecule has 0 unspecified atom stereocenters. The number of carbonyl (C=O) groups is 3. The molecular formula is C10H17NO7. The van der Waals surface area contributed by atoms with Gasteiger partial charge in [-0.15, -0.1) is 0 Å². The quantitative estimate of drug-likeness (QED) is 0.283. The smallest absolute Gasteiger partial charge is 0.303 e. The standard InChI is InChI=1S/C10H17NO7/c1-4(13)8(16)7(11)10(18-5(2)14)9(17)6(15)3-12/h6-7,9-10,12,15,17H,3,11H2,1-2H3/t6-,7+,9-,10-/m1/s1. The van der Waals surface area contributed by atoms with Crippen molar-refractivity contribution in [2.24, 2.45) is 5.73 Å². The summed E-state index contributed by atoms with van der Waals surface area (Å²) in [5.41, 5.74) is 5.40. The molecule has 4 atom stereocenters. The molecule has 104 valence electrons. The third kappa shape index (κ3) is 4.49. The average molecular weight is 263 g/mol. The average Bonchev–Trinajstić information content (AvgIpc) is 2.31. The number of ketones is 2. The van der Waals surface area contributed by atoms with Gasteiger partial charge < -0.3 is 25.8 Å². The minimum atomic E-state index is -1.78. The van der Waals surface area contributed by atoms with Gasteiger partial charge in [-0.3, -0.25) is 14.4 Å². The van der Waals surface area contributed by atoms with E-state index < -0.39 is 48.5 Å². The monoisotopic (exact) mass is 263 g/mol. The van der Waals surface area contributed by atoms with Crippen molar-refractivity contribution < 1.29 is 34.4 Å². The Morgan fingerprint density at radius 2 is 1.72 bits per heavy atom. The Hall–Kier alpha value is -1.35. The van der Waals surface area contributed by atoms with Gasteiger partial charge in [0, 0.05) is 13.8 Å². The fourth-order valence-electron chi connectivity index (χ4n) is 1.26. The summed E-state index contributed by atoms with van der Waals surface area (Å²) in [4.78, 5) is 33.1.